The third-order valence-electron chi connectivity index (χ3n) is 6.00. The summed E-state index contributed by atoms with van der Waals surface area (Å²) in [7, 11) is 1.41. The molecular formula is C28H28N4O8. The number of methoxy groups -OCH3 is 1. The molecule has 0 spiro atoms. The van der Waals surface area contributed by atoms with Gasteiger partial charge < -0.3 is 24.3 Å². The lowest BCUT2D eigenvalue weighted by Crippen LogP contribution is -2.48. The van der Waals surface area contributed by atoms with E-state index in [1.54, 1.807) is 26.0 Å². The topological polar surface area (TPSA) is 151 Å². The predicted octanol–water partition coefficient (Wildman–Crippen LogP) is 3.82. The lowest BCUT2D eigenvalue weighted by atomic mass is 10.0. The SMILES string of the molecule is COc1cc(/C=N\NC(=O)[C@@H](NC(=O)c2ccc3c(c2)OCO3)C(C)C)c([N+](=O)[O-])cc1OCc1ccccc1. The van der Waals surface area contributed by atoms with E-state index >= 15 is 0 Å². The van der Waals surface area contributed by atoms with Crippen LogP contribution in [0.2, 0.25) is 0 Å². The van der Waals surface area contributed by atoms with Crippen molar-refractivity contribution in [3.05, 3.63) is 87.5 Å². The zero-order chi connectivity index (χ0) is 28.6. The van der Waals surface area contributed by atoms with Crippen LogP contribution in [0.4, 0.5) is 5.69 Å². The minimum absolute atomic E-state index is 0.0723. The number of amides is 2. The van der Waals surface area contributed by atoms with E-state index in [0.29, 0.717) is 17.1 Å². The number of nitrogens with one attached hydrogen (secondary N) is 2. The number of fused-ring (bicyclic) bond motifs is 1. The fourth-order valence-electron chi connectivity index (χ4n) is 3.87. The Morgan fingerprint density at radius 3 is 2.52 bits per heavy atom. The van der Waals surface area contributed by atoms with Gasteiger partial charge in [-0.3, -0.25) is 19.7 Å². The van der Waals surface area contributed by atoms with Crippen molar-refractivity contribution in [2.75, 3.05) is 13.9 Å². The molecule has 4 rings (SSSR count). The van der Waals surface area contributed by atoms with E-state index in [0.717, 1.165) is 11.8 Å². The Morgan fingerprint density at radius 1 is 1.07 bits per heavy atom. The number of nitro benzene ring substituents is 1. The molecule has 2 amide bonds. The number of hydrogen-bond donors (Lipinski definition) is 2. The second kappa shape index (κ2) is 12.6. The van der Waals surface area contributed by atoms with E-state index in [1.165, 1.54) is 25.3 Å². The van der Waals surface area contributed by atoms with Crippen LogP contribution in [0.5, 0.6) is 23.0 Å². The minimum Gasteiger partial charge on any atom is -0.493 e. The van der Waals surface area contributed by atoms with Crippen molar-refractivity contribution >= 4 is 23.7 Å². The smallest absolute Gasteiger partial charge is 0.282 e. The Labute approximate surface area is 230 Å². The second-order valence-electron chi connectivity index (χ2n) is 9.09. The molecule has 0 saturated carbocycles. The van der Waals surface area contributed by atoms with Crippen molar-refractivity contribution in [1.29, 1.82) is 0 Å². The highest BCUT2D eigenvalue weighted by Gasteiger charge is 2.26. The van der Waals surface area contributed by atoms with Crippen molar-refractivity contribution < 1.29 is 33.5 Å². The third-order valence-corrected chi connectivity index (χ3v) is 6.00. The first-order valence-corrected chi connectivity index (χ1v) is 12.3. The number of ether oxygens (including phenoxy) is 4. The molecule has 0 aromatic heterocycles. The van der Waals surface area contributed by atoms with Gasteiger partial charge in [0.15, 0.2) is 23.0 Å². The predicted molar refractivity (Wildman–Crippen MR) is 145 cm³/mol. The number of hydrogen-bond acceptors (Lipinski definition) is 9. The number of hydrazone groups is 1. The molecule has 1 heterocycles. The Balaban J connectivity index is 1.45. The molecule has 1 atom stereocenters. The van der Waals surface area contributed by atoms with Crippen LogP contribution in [0.15, 0.2) is 65.8 Å². The lowest BCUT2D eigenvalue weighted by Gasteiger charge is -2.20. The van der Waals surface area contributed by atoms with Crippen LogP contribution in [0.1, 0.15) is 35.3 Å². The number of carbonyl (C=O) groups is 2. The highest BCUT2D eigenvalue weighted by Crippen LogP contribution is 2.35. The van der Waals surface area contributed by atoms with Gasteiger partial charge in [-0.15, -0.1) is 0 Å². The molecule has 0 radical (unpaired) electrons. The summed E-state index contributed by atoms with van der Waals surface area (Å²) in [6.45, 7) is 3.78. The molecule has 208 valence electrons. The van der Waals surface area contributed by atoms with Gasteiger partial charge in [0.2, 0.25) is 6.79 Å². The van der Waals surface area contributed by atoms with Crippen molar-refractivity contribution in [1.82, 2.24) is 10.7 Å². The molecule has 3 aromatic carbocycles. The van der Waals surface area contributed by atoms with Crippen LogP contribution in [-0.4, -0.2) is 42.9 Å². The standard InChI is InChI=1S/C28H28N4O8/c1-17(2)26(30-27(33)19-9-10-22-24(11-19)40-16-39-22)28(34)31-29-14-20-12-23(37-3)25(13-21(20)32(35)36)38-15-18-7-5-4-6-8-18/h4-14,17,26H,15-16H2,1-3H3,(H,30,33)(H,31,34)/b29-14-/t26-/m0/s1. The highest BCUT2D eigenvalue weighted by atomic mass is 16.7. The van der Waals surface area contributed by atoms with Gasteiger partial charge in [0.25, 0.3) is 17.5 Å². The van der Waals surface area contributed by atoms with Gasteiger partial charge in [-0.05, 0) is 35.7 Å². The fraction of sp³-hybridized carbons (Fsp3) is 0.250. The molecule has 3 aromatic rings. The first-order chi connectivity index (χ1) is 19.3. The maximum Gasteiger partial charge on any atom is 0.282 e. The number of carbonyl (C=O) groups excluding carboxylic acids is 2. The summed E-state index contributed by atoms with van der Waals surface area (Å²) in [5.74, 6) is 0.0431. The summed E-state index contributed by atoms with van der Waals surface area (Å²) in [6, 6.07) is 15.7. The molecule has 12 heteroatoms. The van der Waals surface area contributed by atoms with Crippen LogP contribution in [-0.2, 0) is 11.4 Å². The summed E-state index contributed by atoms with van der Waals surface area (Å²) in [5.41, 5.74) is 3.32. The molecule has 12 nitrogen and oxygen atoms in total. The first-order valence-electron chi connectivity index (χ1n) is 12.3. The minimum atomic E-state index is -0.937. The third kappa shape index (κ3) is 6.65. The Kier molecular flexibility index (Phi) is 8.79. The van der Waals surface area contributed by atoms with Crippen molar-refractivity contribution in [3.63, 3.8) is 0 Å². The lowest BCUT2D eigenvalue weighted by molar-refractivity contribution is -0.385. The van der Waals surface area contributed by atoms with E-state index in [4.69, 9.17) is 18.9 Å². The summed E-state index contributed by atoms with van der Waals surface area (Å²) in [4.78, 5) is 36.9. The van der Waals surface area contributed by atoms with E-state index in [9.17, 15) is 19.7 Å². The molecule has 1 aliphatic rings. The van der Waals surface area contributed by atoms with Gasteiger partial charge >= 0.3 is 0 Å². The average Bonchev–Trinajstić information content (AvgIpc) is 3.43. The van der Waals surface area contributed by atoms with Gasteiger partial charge in [-0.1, -0.05) is 44.2 Å². The second-order valence-corrected chi connectivity index (χ2v) is 9.09. The van der Waals surface area contributed by atoms with Crippen molar-refractivity contribution in [2.45, 2.75) is 26.5 Å². The number of rotatable bonds is 11. The summed E-state index contributed by atoms with van der Waals surface area (Å²) < 4.78 is 21.7. The molecule has 1 aliphatic heterocycles. The maximum atomic E-state index is 12.9. The summed E-state index contributed by atoms with van der Waals surface area (Å²) in [6.07, 6.45) is 1.14. The number of nitrogens with zero attached hydrogens (tertiary/aromatic N) is 2. The van der Waals surface area contributed by atoms with Crippen molar-refractivity contribution in [3.8, 4) is 23.0 Å². The maximum absolute atomic E-state index is 12.9. The van der Waals surface area contributed by atoms with Crippen LogP contribution in [0, 0.1) is 16.0 Å². The van der Waals surface area contributed by atoms with E-state index in [-0.39, 0.29) is 42.1 Å². The number of benzene rings is 3. The van der Waals surface area contributed by atoms with E-state index < -0.39 is 22.8 Å². The molecule has 40 heavy (non-hydrogen) atoms. The van der Waals surface area contributed by atoms with E-state index in [2.05, 4.69) is 15.8 Å². The zero-order valence-electron chi connectivity index (χ0n) is 22.1. The monoisotopic (exact) mass is 548 g/mol. The number of nitro groups is 1. The average molecular weight is 549 g/mol. The molecule has 0 fully saturated rings. The molecule has 0 aliphatic carbocycles. The van der Waals surface area contributed by atoms with E-state index in [1.807, 2.05) is 30.3 Å². The Morgan fingerprint density at radius 2 is 1.82 bits per heavy atom. The molecule has 0 bridgehead atoms. The van der Waals surface area contributed by atoms with Gasteiger partial charge in [0.1, 0.15) is 12.6 Å². The zero-order valence-corrected chi connectivity index (χ0v) is 22.1. The fourth-order valence-corrected chi connectivity index (χ4v) is 3.87. The molecule has 0 saturated heterocycles. The Hall–Kier alpha value is -5.13. The molecule has 2 N–H and O–H groups in total. The molecule has 0 unspecified atom stereocenters. The summed E-state index contributed by atoms with van der Waals surface area (Å²) >= 11 is 0. The first kappa shape index (κ1) is 27.9. The van der Waals surface area contributed by atoms with Crippen LogP contribution < -0.4 is 29.7 Å². The van der Waals surface area contributed by atoms with Gasteiger partial charge in [0.05, 0.1) is 29.9 Å². The normalized spacial score (nSPS) is 12.7. The Bertz CT molecular complexity index is 1430. The largest absolute Gasteiger partial charge is 0.493 e. The summed E-state index contributed by atoms with van der Waals surface area (Å²) in [5, 5.41) is 18.4. The van der Waals surface area contributed by atoms with Crippen LogP contribution in [0.3, 0.4) is 0 Å². The van der Waals surface area contributed by atoms with Gasteiger partial charge in [-0.2, -0.15) is 5.10 Å². The quantitative estimate of drug-likeness (QED) is 0.209. The van der Waals surface area contributed by atoms with Crippen LogP contribution in [0.25, 0.3) is 0 Å². The van der Waals surface area contributed by atoms with Crippen LogP contribution >= 0.6 is 0 Å². The van der Waals surface area contributed by atoms with Crippen molar-refractivity contribution in [2.24, 2.45) is 11.0 Å². The van der Waals surface area contributed by atoms with Gasteiger partial charge in [-0.25, -0.2) is 5.43 Å². The molecular weight excluding hydrogens is 520 g/mol. The highest BCUT2D eigenvalue weighted by molar-refractivity contribution is 5.98. The van der Waals surface area contributed by atoms with Gasteiger partial charge in [0, 0.05) is 5.56 Å².